The molecule has 5 rings (SSSR count). The zero-order valence-electron chi connectivity index (χ0n) is 20.0. The van der Waals surface area contributed by atoms with E-state index in [1.54, 1.807) is 0 Å². The van der Waals surface area contributed by atoms with Crippen LogP contribution in [0.15, 0.2) is 91.0 Å². The predicted molar refractivity (Wildman–Crippen MR) is 143 cm³/mol. The number of fused-ring (bicyclic) bond motifs is 3. The highest BCUT2D eigenvalue weighted by molar-refractivity contribution is 7.22. The average molecular weight is 467 g/mol. The second kappa shape index (κ2) is 9.39. The molecule has 0 bridgehead atoms. The van der Waals surface area contributed by atoms with Crippen LogP contribution in [0.2, 0.25) is 0 Å². The van der Waals surface area contributed by atoms with Crippen molar-refractivity contribution in [2.24, 2.45) is 0 Å². The largest absolute Gasteiger partial charge is 0.494 e. The Morgan fingerprint density at radius 3 is 1.71 bits per heavy atom. The lowest BCUT2D eigenvalue weighted by molar-refractivity contribution is 0.325. The van der Waals surface area contributed by atoms with Crippen LogP contribution in [0.1, 0.15) is 20.8 Å². The Labute approximate surface area is 203 Å². The molecule has 1 aliphatic heterocycles. The summed E-state index contributed by atoms with van der Waals surface area (Å²) in [6.07, 6.45) is 0. The van der Waals surface area contributed by atoms with E-state index >= 15 is 0 Å². The van der Waals surface area contributed by atoms with E-state index in [-0.39, 0.29) is 0 Å². The highest BCUT2D eigenvalue weighted by Crippen LogP contribution is 2.37. The van der Waals surface area contributed by atoms with E-state index in [1.165, 1.54) is 31.9 Å². The maximum Gasteiger partial charge on any atom is 0.185 e. The second-order valence-corrected chi connectivity index (χ2v) is 12.0. The zero-order valence-corrected chi connectivity index (χ0v) is 21.0. The van der Waals surface area contributed by atoms with Crippen molar-refractivity contribution in [1.29, 1.82) is 0 Å². The molecule has 4 aromatic rings. The number of rotatable bonds is 8. The molecule has 0 saturated carbocycles. The van der Waals surface area contributed by atoms with Gasteiger partial charge in [-0.25, -0.2) is 0 Å². The van der Waals surface area contributed by atoms with Gasteiger partial charge in [-0.2, -0.15) is 0 Å². The van der Waals surface area contributed by atoms with E-state index in [2.05, 4.69) is 91.0 Å². The average Bonchev–Trinajstić information content (AvgIpc) is 3.17. The molecule has 4 heteroatoms. The van der Waals surface area contributed by atoms with Gasteiger partial charge in [0, 0.05) is 11.3 Å². The normalized spacial score (nSPS) is 13.1. The molecule has 0 spiro atoms. The van der Waals surface area contributed by atoms with Crippen molar-refractivity contribution in [1.82, 2.24) is 0 Å². The third kappa shape index (κ3) is 3.50. The van der Waals surface area contributed by atoms with Gasteiger partial charge in [0.1, 0.15) is 17.2 Å². The lowest BCUT2D eigenvalue weighted by atomic mass is 10.0. The molecule has 3 nitrogen and oxygen atoms in total. The lowest BCUT2D eigenvalue weighted by Crippen LogP contribution is -2.73. The fourth-order valence-electron chi connectivity index (χ4n) is 5.32. The summed E-state index contributed by atoms with van der Waals surface area (Å²) in [6, 6.07) is 32.7. The fourth-order valence-corrected chi connectivity index (χ4v) is 10.6. The summed E-state index contributed by atoms with van der Waals surface area (Å²) in [5.41, 5.74) is 2.40. The molecule has 1 heterocycles. The first kappa shape index (κ1) is 22.3. The topological polar surface area (TPSA) is 27.7 Å². The molecule has 0 aromatic heterocycles. The van der Waals surface area contributed by atoms with Gasteiger partial charge in [-0.05, 0) is 65.7 Å². The summed E-state index contributed by atoms with van der Waals surface area (Å²) in [4.78, 5) is 0. The monoisotopic (exact) mass is 466 g/mol. The molecule has 34 heavy (non-hydrogen) atoms. The van der Waals surface area contributed by atoms with Crippen molar-refractivity contribution in [2.45, 2.75) is 20.8 Å². The summed E-state index contributed by atoms with van der Waals surface area (Å²) in [5, 5.41) is 5.34. The number of benzene rings is 4. The van der Waals surface area contributed by atoms with Crippen molar-refractivity contribution < 1.29 is 14.2 Å². The van der Waals surface area contributed by atoms with Crippen LogP contribution in [-0.4, -0.2) is 27.9 Å². The summed E-state index contributed by atoms with van der Waals surface area (Å²) in [7, 11) is -2.64. The maximum absolute atomic E-state index is 6.37. The molecular formula is C30H30O3Si. The first-order valence-corrected chi connectivity index (χ1v) is 14.1. The van der Waals surface area contributed by atoms with Gasteiger partial charge in [-0.1, -0.05) is 66.7 Å². The standard InChI is InChI=1S/C30H30O3Si/c1-4-31-22-17-18-29-26(19-22)27-20-23(32-5-2)21-28(33-6-3)30(27)34(29,24-13-9-7-10-14-24)25-15-11-8-12-16-25/h7-21H,4-6H2,1-3H3. The Morgan fingerprint density at radius 2 is 1.12 bits per heavy atom. The van der Waals surface area contributed by atoms with Crippen LogP contribution in [0, 0.1) is 0 Å². The summed E-state index contributed by atoms with van der Waals surface area (Å²) in [5.74, 6) is 2.64. The molecule has 1 aliphatic rings. The molecule has 0 fully saturated rings. The molecule has 172 valence electrons. The Morgan fingerprint density at radius 1 is 0.559 bits per heavy atom. The SMILES string of the molecule is CCOc1ccc2c(c1)-c1cc(OCC)cc(OCC)c1[Si]2(c1ccccc1)c1ccccc1. The number of hydrogen-bond donors (Lipinski definition) is 0. The van der Waals surface area contributed by atoms with Gasteiger partial charge in [-0.15, -0.1) is 0 Å². The Kier molecular flexibility index (Phi) is 6.16. The van der Waals surface area contributed by atoms with Gasteiger partial charge in [0.2, 0.25) is 0 Å². The molecule has 0 amide bonds. The quantitative estimate of drug-likeness (QED) is 0.320. The molecule has 0 radical (unpaired) electrons. The van der Waals surface area contributed by atoms with Gasteiger partial charge in [-0.3, -0.25) is 0 Å². The van der Waals surface area contributed by atoms with E-state index in [0.29, 0.717) is 19.8 Å². The van der Waals surface area contributed by atoms with E-state index in [0.717, 1.165) is 17.2 Å². The van der Waals surface area contributed by atoms with Crippen molar-refractivity contribution in [3.8, 4) is 28.4 Å². The van der Waals surface area contributed by atoms with Crippen molar-refractivity contribution >= 4 is 28.8 Å². The van der Waals surface area contributed by atoms with Crippen molar-refractivity contribution in [2.75, 3.05) is 19.8 Å². The van der Waals surface area contributed by atoms with Crippen molar-refractivity contribution in [3.63, 3.8) is 0 Å². The molecule has 0 unspecified atom stereocenters. The van der Waals surface area contributed by atoms with Crippen molar-refractivity contribution in [3.05, 3.63) is 91.0 Å². The molecule has 4 aromatic carbocycles. The van der Waals surface area contributed by atoms with Gasteiger partial charge >= 0.3 is 0 Å². The summed E-state index contributed by atoms with van der Waals surface area (Å²) in [6.45, 7) is 7.92. The van der Waals surface area contributed by atoms with Gasteiger partial charge in [0.15, 0.2) is 8.07 Å². The van der Waals surface area contributed by atoms with Crippen LogP contribution < -0.4 is 35.0 Å². The van der Waals surface area contributed by atoms with Gasteiger partial charge < -0.3 is 14.2 Å². The minimum absolute atomic E-state index is 0.594. The van der Waals surface area contributed by atoms with E-state index in [4.69, 9.17) is 14.2 Å². The van der Waals surface area contributed by atoms with Crippen LogP contribution in [0.25, 0.3) is 11.1 Å². The highest BCUT2D eigenvalue weighted by Gasteiger charge is 2.51. The van der Waals surface area contributed by atoms with Crippen LogP contribution in [0.5, 0.6) is 17.2 Å². The van der Waals surface area contributed by atoms with Crippen LogP contribution in [-0.2, 0) is 0 Å². The second-order valence-electron chi connectivity index (χ2n) is 8.33. The Bertz CT molecular complexity index is 1250. The molecule has 0 aliphatic carbocycles. The Balaban J connectivity index is 1.94. The molecule has 0 N–H and O–H groups in total. The molecule has 0 saturated heterocycles. The highest BCUT2D eigenvalue weighted by atomic mass is 28.3. The summed E-state index contributed by atoms with van der Waals surface area (Å²) >= 11 is 0. The fraction of sp³-hybridized carbons (Fsp3) is 0.200. The predicted octanol–water partition coefficient (Wildman–Crippen LogP) is 4.24. The first-order chi connectivity index (χ1) is 16.7. The lowest BCUT2D eigenvalue weighted by Gasteiger charge is -2.32. The minimum atomic E-state index is -2.64. The van der Waals surface area contributed by atoms with E-state index in [1.807, 2.05) is 20.8 Å². The van der Waals surface area contributed by atoms with Crippen LogP contribution >= 0.6 is 0 Å². The minimum Gasteiger partial charge on any atom is -0.494 e. The smallest absolute Gasteiger partial charge is 0.185 e. The molecule has 0 atom stereocenters. The number of ether oxygens (including phenoxy) is 3. The van der Waals surface area contributed by atoms with E-state index in [9.17, 15) is 0 Å². The van der Waals surface area contributed by atoms with Crippen LogP contribution in [0.3, 0.4) is 0 Å². The third-order valence-electron chi connectivity index (χ3n) is 6.47. The van der Waals surface area contributed by atoms with E-state index < -0.39 is 8.07 Å². The zero-order chi connectivity index (χ0) is 23.5. The summed E-state index contributed by atoms with van der Waals surface area (Å²) < 4.78 is 18.3. The number of hydrogen-bond acceptors (Lipinski definition) is 3. The van der Waals surface area contributed by atoms with Gasteiger partial charge in [0.25, 0.3) is 0 Å². The third-order valence-corrected chi connectivity index (χ3v) is 11.4. The molecular weight excluding hydrogens is 436 g/mol. The van der Waals surface area contributed by atoms with Crippen LogP contribution in [0.4, 0.5) is 0 Å². The Hall–Kier alpha value is -3.50. The first-order valence-electron chi connectivity index (χ1n) is 12.1. The van der Waals surface area contributed by atoms with Gasteiger partial charge in [0.05, 0.1) is 19.8 Å². The maximum atomic E-state index is 6.37.